The first-order valence-corrected chi connectivity index (χ1v) is 7.81. The van der Waals surface area contributed by atoms with Gasteiger partial charge in [-0.15, -0.1) is 0 Å². The van der Waals surface area contributed by atoms with Gasteiger partial charge in [-0.25, -0.2) is 0 Å². The number of carbonyl (C=O) groups is 1. The fourth-order valence-corrected chi connectivity index (χ4v) is 3.36. The third-order valence-electron chi connectivity index (χ3n) is 5.15. The smallest absolute Gasteiger partial charge is 0.240 e. The maximum atomic E-state index is 12.4. The molecular formula is C15H29N3O2. The van der Waals surface area contributed by atoms with Crippen molar-refractivity contribution in [3.63, 3.8) is 0 Å². The number of likely N-dealkylation sites (N-methyl/N-ethyl adjacent to an activating group) is 1. The molecule has 1 amide bonds. The van der Waals surface area contributed by atoms with Gasteiger partial charge in [-0.1, -0.05) is 19.3 Å². The number of rotatable bonds is 4. The Morgan fingerprint density at radius 2 is 1.75 bits per heavy atom. The minimum Gasteiger partial charge on any atom is -0.381 e. The Balaban J connectivity index is 1.93. The van der Waals surface area contributed by atoms with Gasteiger partial charge in [-0.3, -0.25) is 4.79 Å². The lowest BCUT2D eigenvalue weighted by molar-refractivity contribution is -0.128. The van der Waals surface area contributed by atoms with Crippen molar-refractivity contribution in [2.24, 2.45) is 5.73 Å². The Morgan fingerprint density at radius 1 is 1.15 bits per heavy atom. The SMILES string of the molecule is CN(C)C1(CNC(=O)C2(N)CCCCC2)CCOCC1. The average Bonchev–Trinajstić information content (AvgIpc) is 2.46. The van der Waals surface area contributed by atoms with Gasteiger partial charge in [-0.05, 0) is 39.8 Å². The molecular weight excluding hydrogens is 254 g/mol. The van der Waals surface area contributed by atoms with Gasteiger partial charge in [-0.2, -0.15) is 0 Å². The second-order valence-corrected chi connectivity index (χ2v) is 6.63. The van der Waals surface area contributed by atoms with Crippen LogP contribution in [0.25, 0.3) is 0 Å². The number of nitrogens with two attached hydrogens (primary N) is 1. The lowest BCUT2D eigenvalue weighted by atomic mass is 9.81. The molecule has 2 fully saturated rings. The molecule has 116 valence electrons. The Bertz CT molecular complexity index is 332. The van der Waals surface area contributed by atoms with E-state index in [0.717, 1.165) is 51.7 Å². The average molecular weight is 283 g/mol. The largest absolute Gasteiger partial charge is 0.381 e. The molecule has 3 N–H and O–H groups in total. The summed E-state index contributed by atoms with van der Waals surface area (Å²) < 4.78 is 5.45. The number of carbonyl (C=O) groups excluding carboxylic acids is 1. The molecule has 1 aliphatic heterocycles. The molecule has 5 heteroatoms. The van der Waals surface area contributed by atoms with Crippen LogP contribution in [0.5, 0.6) is 0 Å². The molecule has 0 atom stereocenters. The minimum atomic E-state index is -0.642. The number of ether oxygens (including phenoxy) is 1. The summed E-state index contributed by atoms with van der Waals surface area (Å²) in [6, 6.07) is 0. The molecule has 0 aromatic carbocycles. The normalized spacial score (nSPS) is 25.4. The van der Waals surface area contributed by atoms with Gasteiger partial charge >= 0.3 is 0 Å². The predicted molar refractivity (Wildman–Crippen MR) is 79.5 cm³/mol. The third kappa shape index (κ3) is 3.32. The monoisotopic (exact) mass is 283 g/mol. The van der Waals surface area contributed by atoms with Crippen LogP contribution in [0.15, 0.2) is 0 Å². The maximum Gasteiger partial charge on any atom is 0.240 e. The van der Waals surface area contributed by atoms with Crippen LogP contribution >= 0.6 is 0 Å². The molecule has 5 nitrogen and oxygen atoms in total. The molecule has 2 rings (SSSR count). The van der Waals surface area contributed by atoms with Gasteiger partial charge in [0.1, 0.15) is 0 Å². The quantitative estimate of drug-likeness (QED) is 0.803. The van der Waals surface area contributed by atoms with Crippen molar-refractivity contribution >= 4 is 5.91 Å². The number of nitrogens with one attached hydrogen (secondary N) is 1. The zero-order valence-corrected chi connectivity index (χ0v) is 12.9. The summed E-state index contributed by atoms with van der Waals surface area (Å²) in [5, 5.41) is 3.12. The highest BCUT2D eigenvalue weighted by Crippen LogP contribution is 2.28. The summed E-state index contributed by atoms with van der Waals surface area (Å²) in [5.41, 5.74) is 5.66. The lowest BCUT2D eigenvalue weighted by Crippen LogP contribution is -2.61. The molecule has 0 radical (unpaired) electrons. The Kier molecular flexibility index (Phi) is 5.04. The van der Waals surface area contributed by atoms with Gasteiger partial charge in [0.05, 0.1) is 5.54 Å². The highest BCUT2D eigenvalue weighted by Gasteiger charge is 2.39. The van der Waals surface area contributed by atoms with Gasteiger partial charge in [0.15, 0.2) is 0 Å². The van der Waals surface area contributed by atoms with E-state index in [0.29, 0.717) is 6.54 Å². The van der Waals surface area contributed by atoms with Crippen molar-refractivity contribution in [2.75, 3.05) is 33.9 Å². The second kappa shape index (κ2) is 6.41. The Hall–Kier alpha value is -0.650. The molecule has 0 aromatic rings. The molecule has 20 heavy (non-hydrogen) atoms. The minimum absolute atomic E-state index is 0.0128. The first kappa shape index (κ1) is 15.7. The number of amides is 1. The third-order valence-corrected chi connectivity index (χ3v) is 5.15. The summed E-state index contributed by atoms with van der Waals surface area (Å²) in [5.74, 6) is 0.0323. The summed E-state index contributed by atoms with van der Waals surface area (Å²) >= 11 is 0. The van der Waals surface area contributed by atoms with Crippen molar-refractivity contribution in [1.82, 2.24) is 10.2 Å². The van der Waals surface area contributed by atoms with E-state index in [4.69, 9.17) is 10.5 Å². The van der Waals surface area contributed by atoms with Crippen LogP contribution in [0.3, 0.4) is 0 Å². The van der Waals surface area contributed by atoms with Crippen LogP contribution in [0.1, 0.15) is 44.9 Å². The second-order valence-electron chi connectivity index (χ2n) is 6.63. The maximum absolute atomic E-state index is 12.4. The Labute approximate surface area is 122 Å². The summed E-state index contributed by atoms with van der Waals surface area (Å²) in [4.78, 5) is 14.7. The van der Waals surface area contributed by atoms with Crippen molar-refractivity contribution in [1.29, 1.82) is 0 Å². The molecule has 2 aliphatic rings. The van der Waals surface area contributed by atoms with Crippen LogP contribution in [0.2, 0.25) is 0 Å². The highest BCUT2D eigenvalue weighted by atomic mass is 16.5. The fraction of sp³-hybridized carbons (Fsp3) is 0.933. The predicted octanol–water partition coefficient (Wildman–Crippen LogP) is 0.875. The van der Waals surface area contributed by atoms with E-state index in [1.807, 2.05) is 0 Å². The molecule has 1 aliphatic carbocycles. The van der Waals surface area contributed by atoms with Crippen LogP contribution in [-0.2, 0) is 9.53 Å². The van der Waals surface area contributed by atoms with E-state index in [-0.39, 0.29) is 11.4 Å². The first-order valence-electron chi connectivity index (χ1n) is 7.81. The summed E-state index contributed by atoms with van der Waals surface area (Å²) in [7, 11) is 4.16. The summed E-state index contributed by atoms with van der Waals surface area (Å²) in [6.45, 7) is 2.20. The molecule has 0 bridgehead atoms. The van der Waals surface area contributed by atoms with E-state index in [2.05, 4.69) is 24.3 Å². The molecule has 1 heterocycles. The number of hydrogen-bond donors (Lipinski definition) is 2. The highest BCUT2D eigenvalue weighted by molar-refractivity contribution is 5.86. The molecule has 0 aromatic heterocycles. The zero-order valence-electron chi connectivity index (χ0n) is 12.9. The molecule has 1 saturated heterocycles. The van der Waals surface area contributed by atoms with Crippen LogP contribution in [0.4, 0.5) is 0 Å². The standard InChI is InChI=1S/C15H29N3O2/c1-18(2)14(8-10-20-11-9-14)12-17-13(19)15(16)6-4-3-5-7-15/h3-12,16H2,1-2H3,(H,17,19). The van der Waals surface area contributed by atoms with Crippen molar-refractivity contribution < 1.29 is 9.53 Å². The van der Waals surface area contributed by atoms with Gasteiger partial charge < -0.3 is 20.7 Å². The Morgan fingerprint density at radius 3 is 2.30 bits per heavy atom. The van der Waals surface area contributed by atoms with E-state index >= 15 is 0 Å². The van der Waals surface area contributed by atoms with E-state index in [9.17, 15) is 4.79 Å². The van der Waals surface area contributed by atoms with E-state index in [1.54, 1.807) is 0 Å². The zero-order chi connectivity index (χ0) is 14.6. The summed E-state index contributed by atoms with van der Waals surface area (Å²) in [6.07, 6.45) is 6.88. The molecule has 0 spiro atoms. The number of nitrogens with zero attached hydrogens (tertiary/aromatic N) is 1. The van der Waals surface area contributed by atoms with Crippen molar-refractivity contribution in [3.05, 3.63) is 0 Å². The van der Waals surface area contributed by atoms with Crippen LogP contribution in [0, 0.1) is 0 Å². The van der Waals surface area contributed by atoms with Crippen molar-refractivity contribution in [2.45, 2.75) is 56.0 Å². The van der Waals surface area contributed by atoms with Gasteiger partial charge in [0.25, 0.3) is 0 Å². The van der Waals surface area contributed by atoms with Gasteiger partial charge in [0, 0.05) is 25.3 Å². The van der Waals surface area contributed by atoms with Crippen LogP contribution in [-0.4, -0.2) is 55.7 Å². The lowest BCUT2D eigenvalue weighted by Gasteiger charge is -2.43. The van der Waals surface area contributed by atoms with Crippen LogP contribution < -0.4 is 11.1 Å². The van der Waals surface area contributed by atoms with E-state index < -0.39 is 5.54 Å². The molecule has 0 unspecified atom stereocenters. The number of hydrogen-bond acceptors (Lipinski definition) is 4. The fourth-order valence-electron chi connectivity index (χ4n) is 3.36. The first-order chi connectivity index (χ1) is 9.49. The van der Waals surface area contributed by atoms with Gasteiger partial charge in [0.2, 0.25) is 5.91 Å². The molecule has 1 saturated carbocycles. The van der Waals surface area contributed by atoms with Crippen molar-refractivity contribution in [3.8, 4) is 0 Å². The topological polar surface area (TPSA) is 67.6 Å². The van der Waals surface area contributed by atoms with E-state index in [1.165, 1.54) is 6.42 Å².